The molecular formula is C22H26ClNO3. The molecule has 0 radical (unpaired) electrons. The molecule has 1 aliphatic heterocycles. The number of amides is 1. The fourth-order valence-corrected chi connectivity index (χ4v) is 5.46. The molecule has 1 saturated heterocycles. The normalized spacial score (nSPS) is 27.8. The summed E-state index contributed by atoms with van der Waals surface area (Å²) in [5.41, 5.74) is -0.0837. The Labute approximate surface area is 165 Å². The molecule has 4 atom stereocenters. The molecule has 4 rings (SSSR count). The van der Waals surface area contributed by atoms with Gasteiger partial charge in [0.2, 0.25) is 0 Å². The molecule has 1 heterocycles. The van der Waals surface area contributed by atoms with E-state index in [1.54, 1.807) is 4.90 Å². The average Bonchev–Trinajstić information content (AvgIpc) is 3.17. The molecule has 2 aromatic rings. The third kappa shape index (κ3) is 3.14. The first-order chi connectivity index (χ1) is 12.8. The van der Waals surface area contributed by atoms with Crippen LogP contribution in [-0.4, -0.2) is 34.8 Å². The van der Waals surface area contributed by atoms with Crippen LogP contribution in [0, 0.1) is 17.3 Å². The van der Waals surface area contributed by atoms with E-state index < -0.39 is 6.09 Å². The molecule has 2 aromatic carbocycles. The number of carboxylic acid groups (broad SMARTS) is 1. The molecule has 0 spiro atoms. The first kappa shape index (κ1) is 18.4. The Bertz CT molecular complexity index is 875. The zero-order valence-corrected chi connectivity index (χ0v) is 16.7. The maximum Gasteiger partial charge on any atom is 0.407 e. The molecule has 1 N–H and O–H groups in total. The smallest absolute Gasteiger partial charge is 0.407 e. The Morgan fingerprint density at radius 1 is 1.11 bits per heavy atom. The highest BCUT2D eigenvalue weighted by Gasteiger charge is 2.54. The minimum atomic E-state index is -0.819. The van der Waals surface area contributed by atoms with E-state index in [2.05, 4.69) is 20.8 Å². The van der Waals surface area contributed by atoms with Gasteiger partial charge in [-0.15, -0.1) is 0 Å². The number of hydrogen-bond acceptors (Lipinski definition) is 2. The largest absolute Gasteiger partial charge is 0.489 e. The molecule has 1 aliphatic carbocycles. The van der Waals surface area contributed by atoms with Crippen LogP contribution in [-0.2, 0) is 0 Å². The highest BCUT2D eigenvalue weighted by atomic mass is 35.5. The number of carbonyl (C=O) groups is 1. The lowest BCUT2D eigenvalue weighted by molar-refractivity contribution is 0.0893. The van der Waals surface area contributed by atoms with Crippen molar-refractivity contribution in [2.75, 3.05) is 6.54 Å². The Kier molecular flexibility index (Phi) is 4.50. The molecule has 0 bridgehead atoms. The number of benzene rings is 2. The summed E-state index contributed by atoms with van der Waals surface area (Å²) < 4.78 is 6.47. The lowest BCUT2D eigenvalue weighted by Gasteiger charge is -2.36. The molecule has 5 heteroatoms. The lowest BCUT2D eigenvalue weighted by atomic mass is 9.77. The zero-order chi connectivity index (χ0) is 19.3. The van der Waals surface area contributed by atoms with Crippen molar-refractivity contribution in [1.82, 2.24) is 4.90 Å². The monoisotopic (exact) mass is 387 g/mol. The fraction of sp³-hybridized carbons (Fsp3) is 0.500. The standard InChI is InChI=1S/C22H26ClNO3/c1-22(2,3)20-15-8-10-19(16(15)12-24(20)21(25)26)27-18-11-9-17(23)13-6-4-5-7-14(13)18/h4-7,9,11,15-16,19-20H,8,10,12H2,1-3H3,(H,25,26)/t15-,16-,19-,20?/m0/s1. The van der Waals surface area contributed by atoms with Crippen LogP contribution in [0.2, 0.25) is 5.02 Å². The van der Waals surface area contributed by atoms with Gasteiger partial charge < -0.3 is 14.7 Å². The summed E-state index contributed by atoms with van der Waals surface area (Å²) in [6.07, 6.45) is 1.19. The summed E-state index contributed by atoms with van der Waals surface area (Å²) in [6, 6.07) is 11.8. The summed E-state index contributed by atoms with van der Waals surface area (Å²) in [5, 5.41) is 12.4. The van der Waals surface area contributed by atoms with Gasteiger partial charge in [0.15, 0.2) is 0 Å². The number of hydrogen-bond donors (Lipinski definition) is 1. The van der Waals surface area contributed by atoms with Gasteiger partial charge >= 0.3 is 6.09 Å². The van der Waals surface area contributed by atoms with Crippen molar-refractivity contribution < 1.29 is 14.6 Å². The van der Waals surface area contributed by atoms with Gasteiger partial charge in [0.1, 0.15) is 11.9 Å². The quantitative estimate of drug-likeness (QED) is 0.721. The first-order valence-corrected chi connectivity index (χ1v) is 9.98. The fourth-order valence-electron chi connectivity index (χ4n) is 5.23. The van der Waals surface area contributed by atoms with Gasteiger partial charge in [-0.1, -0.05) is 56.6 Å². The van der Waals surface area contributed by atoms with Crippen molar-refractivity contribution in [2.24, 2.45) is 17.3 Å². The van der Waals surface area contributed by atoms with E-state index in [4.69, 9.17) is 16.3 Å². The summed E-state index contributed by atoms with van der Waals surface area (Å²) in [7, 11) is 0. The van der Waals surface area contributed by atoms with Crippen LogP contribution in [0.4, 0.5) is 4.79 Å². The lowest BCUT2D eigenvalue weighted by Crippen LogP contribution is -2.45. The molecule has 1 saturated carbocycles. The molecule has 4 nitrogen and oxygen atoms in total. The maximum absolute atomic E-state index is 11.8. The van der Waals surface area contributed by atoms with Gasteiger partial charge in [0.25, 0.3) is 0 Å². The summed E-state index contributed by atoms with van der Waals surface area (Å²) >= 11 is 6.33. The number of likely N-dealkylation sites (tertiary alicyclic amines) is 1. The van der Waals surface area contributed by atoms with Crippen molar-refractivity contribution in [3.63, 3.8) is 0 Å². The van der Waals surface area contributed by atoms with Crippen molar-refractivity contribution in [2.45, 2.75) is 45.8 Å². The third-order valence-electron chi connectivity index (χ3n) is 6.20. The molecule has 1 amide bonds. The molecule has 1 unspecified atom stereocenters. The second-order valence-corrected chi connectivity index (χ2v) is 9.31. The average molecular weight is 388 g/mol. The Morgan fingerprint density at radius 3 is 2.48 bits per heavy atom. The van der Waals surface area contributed by atoms with Crippen LogP contribution in [0.15, 0.2) is 36.4 Å². The van der Waals surface area contributed by atoms with Crippen molar-refractivity contribution in [1.29, 1.82) is 0 Å². The summed E-state index contributed by atoms with van der Waals surface area (Å²) in [6.45, 7) is 6.96. The number of halogens is 1. The predicted octanol–water partition coefficient (Wildman–Crippen LogP) is 5.68. The summed E-state index contributed by atoms with van der Waals surface area (Å²) in [4.78, 5) is 13.5. The van der Waals surface area contributed by atoms with Crippen LogP contribution in [0.25, 0.3) is 10.8 Å². The first-order valence-electron chi connectivity index (χ1n) is 9.61. The van der Waals surface area contributed by atoms with E-state index in [-0.39, 0.29) is 23.5 Å². The molecule has 144 valence electrons. The van der Waals surface area contributed by atoms with Crippen LogP contribution < -0.4 is 4.74 Å². The Hall–Kier alpha value is -1.94. The predicted molar refractivity (Wildman–Crippen MR) is 108 cm³/mol. The zero-order valence-electron chi connectivity index (χ0n) is 16.0. The highest BCUT2D eigenvalue weighted by Crippen LogP contribution is 2.49. The minimum absolute atomic E-state index is 0.0359. The molecule has 2 aliphatic rings. The highest BCUT2D eigenvalue weighted by molar-refractivity contribution is 6.35. The Balaban J connectivity index is 1.63. The molecule has 0 aromatic heterocycles. The van der Waals surface area contributed by atoms with Gasteiger partial charge in [-0.05, 0) is 36.3 Å². The van der Waals surface area contributed by atoms with E-state index in [1.165, 1.54) is 0 Å². The second kappa shape index (κ2) is 6.59. The van der Waals surface area contributed by atoms with Crippen molar-refractivity contribution >= 4 is 28.5 Å². The van der Waals surface area contributed by atoms with Gasteiger partial charge in [-0.25, -0.2) is 4.79 Å². The maximum atomic E-state index is 11.8. The van der Waals surface area contributed by atoms with Gasteiger partial charge in [0, 0.05) is 34.3 Å². The molecular weight excluding hydrogens is 362 g/mol. The Morgan fingerprint density at radius 2 is 1.81 bits per heavy atom. The van der Waals surface area contributed by atoms with Crippen LogP contribution in [0.3, 0.4) is 0 Å². The third-order valence-corrected chi connectivity index (χ3v) is 6.53. The second-order valence-electron chi connectivity index (χ2n) is 8.90. The van der Waals surface area contributed by atoms with Crippen molar-refractivity contribution in [3.8, 4) is 5.75 Å². The number of fused-ring (bicyclic) bond motifs is 2. The van der Waals surface area contributed by atoms with Crippen LogP contribution >= 0.6 is 11.6 Å². The van der Waals surface area contributed by atoms with E-state index >= 15 is 0 Å². The SMILES string of the molecule is CC(C)(C)C1[C@H]2CC[C@H](Oc3ccc(Cl)c4ccccc34)[C@H]2CN1C(=O)O. The van der Waals surface area contributed by atoms with Crippen LogP contribution in [0.5, 0.6) is 5.75 Å². The number of nitrogens with zero attached hydrogens (tertiary/aromatic N) is 1. The van der Waals surface area contributed by atoms with E-state index in [0.29, 0.717) is 17.5 Å². The van der Waals surface area contributed by atoms with Gasteiger partial charge in [0.05, 0.1) is 0 Å². The van der Waals surface area contributed by atoms with Gasteiger partial charge in [-0.2, -0.15) is 0 Å². The van der Waals surface area contributed by atoms with E-state index in [1.807, 2.05) is 36.4 Å². The molecule has 27 heavy (non-hydrogen) atoms. The number of rotatable bonds is 2. The topological polar surface area (TPSA) is 49.8 Å². The summed E-state index contributed by atoms with van der Waals surface area (Å²) in [5.74, 6) is 1.42. The number of ether oxygens (including phenoxy) is 1. The van der Waals surface area contributed by atoms with Crippen LogP contribution in [0.1, 0.15) is 33.6 Å². The molecule has 2 fully saturated rings. The van der Waals surface area contributed by atoms with Gasteiger partial charge in [-0.3, -0.25) is 0 Å². The van der Waals surface area contributed by atoms with Crippen molar-refractivity contribution in [3.05, 3.63) is 41.4 Å². The minimum Gasteiger partial charge on any atom is -0.489 e. The van der Waals surface area contributed by atoms with E-state index in [0.717, 1.165) is 29.4 Å². The van der Waals surface area contributed by atoms with E-state index in [9.17, 15) is 9.90 Å².